The molecule has 0 saturated heterocycles. The molecule has 1 N–H and O–H groups in total. The number of fused-ring (bicyclic) bond motifs is 1. The molecule has 0 saturated carbocycles. The second-order valence-electron chi connectivity index (χ2n) is 3.52. The Morgan fingerprint density at radius 1 is 1.60 bits per heavy atom. The van der Waals surface area contributed by atoms with Gasteiger partial charge in [0, 0.05) is 17.6 Å². The highest BCUT2D eigenvalue weighted by Crippen LogP contribution is 2.23. The molecule has 0 unspecified atom stereocenters. The van der Waals surface area contributed by atoms with Crippen molar-refractivity contribution in [2.24, 2.45) is 0 Å². The average Bonchev–Trinajstić information content (AvgIpc) is 2.70. The minimum Gasteiger partial charge on any atom is -0.311 e. The van der Waals surface area contributed by atoms with E-state index in [1.165, 1.54) is 5.69 Å². The third-order valence-corrected chi connectivity index (χ3v) is 3.55. The summed E-state index contributed by atoms with van der Waals surface area (Å²) in [4.78, 5) is 5.30. The largest absolute Gasteiger partial charge is 0.311 e. The summed E-state index contributed by atoms with van der Waals surface area (Å²) in [6.45, 7) is 6.01. The molecule has 0 aliphatic rings. The number of aromatic nitrogens is 2. The summed E-state index contributed by atoms with van der Waals surface area (Å²) >= 11 is 7.72. The molecule has 2 rings (SSSR count). The van der Waals surface area contributed by atoms with Gasteiger partial charge in [0.15, 0.2) is 10.1 Å². The van der Waals surface area contributed by atoms with Gasteiger partial charge in [-0.15, -0.1) is 11.3 Å². The Balaban J connectivity index is 2.30. The Morgan fingerprint density at radius 2 is 2.40 bits per heavy atom. The minimum atomic E-state index is 0.619. The van der Waals surface area contributed by atoms with E-state index >= 15 is 0 Å². The normalized spacial score (nSPS) is 11.4. The lowest BCUT2D eigenvalue weighted by Gasteiger charge is -2.03. The van der Waals surface area contributed by atoms with Crippen LogP contribution in [0.4, 0.5) is 0 Å². The number of imidazole rings is 1. The van der Waals surface area contributed by atoms with Crippen LogP contribution in [0.25, 0.3) is 4.96 Å². The predicted molar refractivity (Wildman–Crippen MR) is 64.8 cm³/mol. The van der Waals surface area contributed by atoms with Gasteiger partial charge in [-0.05, 0) is 19.9 Å². The van der Waals surface area contributed by atoms with Gasteiger partial charge in [-0.3, -0.25) is 4.40 Å². The van der Waals surface area contributed by atoms with Crippen molar-refractivity contribution in [2.75, 3.05) is 6.54 Å². The predicted octanol–water partition coefficient (Wildman–Crippen LogP) is 2.86. The molecular weight excluding hydrogens is 230 g/mol. The van der Waals surface area contributed by atoms with Crippen molar-refractivity contribution in [2.45, 2.75) is 26.8 Å². The molecule has 0 radical (unpaired) electrons. The standard InChI is InChI=1S/C10H14ClN3S/c1-3-4-12-5-8-9(11)13-10-14(8)7(2)6-15-10/h6,12H,3-5H2,1-2H3. The topological polar surface area (TPSA) is 29.3 Å². The SMILES string of the molecule is CCCNCc1c(Cl)nc2scc(C)n12. The Kier molecular flexibility index (Phi) is 3.29. The van der Waals surface area contributed by atoms with E-state index in [-0.39, 0.29) is 0 Å². The fourth-order valence-corrected chi connectivity index (χ4v) is 2.74. The van der Waals surface area contributed by atoms with E-state index in [9.17, 15) is 0 Å². The van der Waals surface area contributed by atoms with Crippen molar-refractivity contribution in [3.8, 4) is 0 Å². The van der Waals surface area contributed by atoms with Crippen molar-refractivity contribution in [1.82, 2.24) is 14.7 Å². The van der Waals surface area contributed by atoms with Crippen LogP contribution in [0.15, 0.2) is 5.38 Å². The van der Waals surface area contributed by atoms with E-state index in [0.717, 1.165) is 30.2 Å². The van der Waals surface area contributed by atoms with Crippen LogP contribution < -0.4 is 5.32 Å². The molecule has 5 heteroatoms. The fourth-order valence-electron chi connectivity index (χ4n) is 1.58. The van der Waals surface area contributed by atoms with Crippen molar-refractivity contribution in [3.05, 3.63) is 21.9 Å². The van der Waals surface area contributed by atoms with E-state index in [1.54, 1.807) is 11.3 Å². The first kappa shape index (κ1) is 10.9. The highest BCUT2D eigenvalue weighted by molar-refractivity contribution is 7.15. The van der Waals surface area contributed by atoms with Gasteiger partial charge in [-0.1, -0.05) is 18.5 Å². The van der Waals surface area contributed by atoms with Gasteiger partial charge < -0.3 is 5.32 Å². The summed E-state index contributed by atoms with van der Waals surface area (Å²) in [5.41, 5.74) is 2.27. The first-order chi connectivity index (χ1) is 7.24. The Bertz CT molecular complexity index is 460. The maximum atomic E-state index is 6.09. The van der Waals surface area contributed by atoms with Crippen LogP contribution >= 0.6 is 22.9 Å². The van der Waals surface area contributed by atoms with Gasteiger partial charge in [0.25, 0.3) is 0 Å². The third kappa shape index (κ3) is 2.02. The zero-order valence-corrected chi connectivity index (χ0v) is 10.5. The molecule has 15 heavy (non-hydrogen) atoms. The average molecular weight is 244 g/mol. The Labute approximate surface area is 98.1 Å². The molecule has 2 aromatic rings. The number of rotatable bonds is 4. The molecule has 2 heterocycles. The number of thiazole rings is 1. The second kappa shape index (κ2) is 4.51. The van der Waals surface area contributed by atoms with Gasteiger partial charge in [-0.25, -0.2) is 4.98 Å². The summed E-state index contributed by atoms with van der Waals surface area (Å²) in [5.74, 6) is 0. The monoisotopic (exact) mass is 243 g/mol. The molecule has 0 spiro atoms. The van der Waals surface area contributed by atoms with Crippen LogP contribution in [0.2, 0.25) is 5.15 Å². The minimum absolute atomic E-state index is 0.619. The van der Waals surface area contributed by atoms with Gasteiger partial charge >= 0.3 is 0 Å². The quantitative estimate of drug-likeness (QED) is 0.837. The van der Waals surface area contributed by atoms with E-state index in [0.29, 0.717) is 5.15 Å². The molecule has 82 valence electrons. The zero-order chi connectivity index (χ0) is 10.8. The number of hydrogen-bond donors (Lipinski definition) is 1. The van der Waals surface area contributed by atoms with Crippen LogP contribution in [0.5, 0.6) is 0 Å². The van der Waals surface area contributed by atoms with Gasteiger partial charge in [-0.2, -0.15) is 0 Å². The van der Waals surface area contributed by atoms with Crippen LogP contribution in [-0.4, -0.2) is 15.9 Å². The highest BCUT2D eigenvalue weighted by atomic mass is 35.5. The van der Waals surface area contributed by atoms with E-state index in [2.05, 4.69) is 33.9 Å². The van der Waals surface area contributed by atoms with Gasteiger partial charge in [0.05, 0.1) is 5.69 Å². The molecule has 0 fully saturated rings. The van der Waals surface area contributed by atoms with Gasteiger partial charge in [0.1, 0.15) is 0 Å². The van der Waals surface area contributed by atoms with Crippen molar-refractivity contribution >= 4 is 27.9 Å². The van der Waals surface area contributed by atoms with Crippen molar-refractivity contribution in [1.29, 1.82) is 0 Å². The lowest BCUT2D eigenvalue weighted by Crippen LogP contribution is -2.15. The molecule has 0 aromatic carbocycles. The summed E-state index contributed by atoms with van der Waals surface area (Å²) in [6.07, 6.45) is 1.13. The molecule has 0 amide bonds. The maximum Gasteiger partial charge on any atom is 0.195 e. The molecule has 3 nitrogen and oxygen atoms in total. The van der Waals surface area contributed by atoms with Gasteiger partial charge in [0.2, 0.25) is 0 Å². The number of halogens is 1. The maximum absolute atomic E-state index is 6.09. The smallest absolute Gasteiger partial charge is 0.195 e. The van der Waals surface area contributed by atoms with Crippen LogP contribution in [0, 0.1) is 6.92 Å². The molecule has 0 aliphatic heterocycles. The van der Waals surface area contributed by atoms with Crippen molar-refractivity contribution < 1.29 is 0 Å². The molecule has 0 atom stereocenters. The molecule has 0 bridgehead atoms. The summed E-state index contributed by atoms with van der Waals surface area (Å²) < 4.78 is 2.12. The number of nitrogens with zero attached hydrogens (tertiary/aromatic N) is 2. The first-order valence-corrected chi connectivity index (χ1v) is 6.31. The lowest BCUT2D eigenvalue weighted by atomic mass is 10.4. The summed E-state index contributed by atoms with van der Waals surface area (Å²) in [7, 11) is 0. The fraction of sp³-hybridized carbons (Fsp3) is 0.500. The second-order valence-corrected chi connectivity index (χ2v) is 4.72. The lowest BCUT2D eigenvalue weighted by molar-refractivity contribution is 0.660. The Hall–Kier alpha value is -0.580. The van der Waals surface area contributed by atoms with E-state index < -0.39 is 0 Å². The van der Waals surface area contributed by atoms with Crippen molar-refractivity contribution in [3.63, 3.8) is 0 Å². The molecular formula is C10H14ClN3S. The van der Waals surface area contributed by atoms with Crippen LogP contribution in [0.1, 0.15) is 24.7 Å². The number of hydrogen-bond acceptors (Lipinski definition) is 3. The summed E-state index contributed by atoms with van der Waals surface area (Å²) in [5, 5.41) is 6.07. The van der Waals surface area contributed by atoms with E-state index in [4.69, 9.17) is 11.6 Å². The summed E-state index contributed by atoms with van der Waals surface area (Å²) in [6, 6.07) is 0. The molecule has 2 aromatic heterocycles. The van der Waals surface area contributed by atoms with Crippen LogP contribution in [-0.2, 0) is 6.54 Å². The third-order valence-electron chi connectivity index (χ3n) is 2.30. The van der Waals surface area contributed by atoms with E-state index in [1.807, 2.05) is 0 Å². The zero-order valence-electron chi connectivity index (χ0n) is 8.88. The number of aryl methyl sites for hydroxylation is 1. The van der Waals surface area contributed by atoms with Crippen LogP contribution in [0.3, 0.4) is 0 Å². The number of nitrogens with one attached hydrogen (secondary N) is 1. The molecule has 0 aliphatic carbocycles. The Morgan fingerprint density at radius 3 is 3.13 bits per heavy atom. The highest BCUT2D eigenvalue weighted by Gasteiger charge is 2.12. The first-order valence-electron chi connectivity index (χ1n) is 5.05.